The highest BCUT2D eigenvalue weighted by Crippen LogP contribution is 2.30. The van der Waals surface area contributed by atoms with Crippen molar-refractivity contribution in [1.29, 1.82) is 0 Å². The Morgan fingerprint density at radius 1 is 1.05 bits per heavy atom. The van der Waals surface area contributed by atoms with Gasteiger partial charge in [0.2, 0.25) is 5.82 Å². The van der Waals surface area contributed by atoms with Gasteiger partial charge in [-0.2, -0.15) is 5.21 Å². The summed E-state index contributed by atoms with van der Waals surface area (Å²) in [5, 5.41) is 20.9. The number of carbonyl (C=O) groups excluding carboxylic acids is 1. The number of H-pyrrole nitrogens is 2. The maximum absolute atomic E-state index is 12.9. The van der Waals surface area contributed by atoms with Crippen LogP contribution in [0.15, 0.2) is 53.3 Å². The van der Waals surface area contributed by atoms with Gasteiger partial charge in [0.1, 0.15) is 11.3 Å². The molecule has 0 amide bonds. The van der Waals surface area contributed by atoms with Crippen LogP contribution in [0.25, 0.3) is 33.5 Å². The summed E-state index contributed by atoms with van der Waals surface area (Å²) < 4.78 is 7.35. The fraction of sp³-hybridized carbons (Fsp3) is 0.296. The Bertz CT molecular complexity index is 1620. The van der Waals surface area contributed by atoms with Crippen LogP contribution in [0, 0.1) is 5.92 Å². The lowest BCUT2D eigenvalue weighted by Gasteiger charge is -2.11. The van der Waals surface area contributed by atoms with Gasteiger partial charge in [-0.3, -0.25) is 9.59 Å². The van der Waals surface area contributed by atoms with E-state index < -0.39 is 5.97 Å². The number of tetrazole rings is 1. The molecule has 5 rings (SSSR count). The fourth-order valence-corrected chi connectivity index (χ4v) is 4.24. The number of ether oxygens (including phenoxy) is 1. The van der Waals surface area contributed by atoms with Crippen molar-refractivity contribution < 1.29 is 9.53 Å². The van der Waals surface area contributed by atoms with Crippen LogP contribution in [-0.2, 0) is 17.8 Å². The lowest BCUT2D eigenvalue weighted by Crippen LogP contribution is -2.19. The number of aromatic amines is 2. The zero-order valence-electron chi connectivity index (χ0n) is 21.4. The molecular formula is C27H28N8O3. The molecule has 0 aliphatic carbocycles. The van der Waals surface area contributed by atoms with Crippen LogP contribution in [0.3, 0.4) is 0 Å². The van der Waals surface area contributed by atoms with Crippen molar-refractivity contribution in [3.05, 3.63) is 70.3 Å². The molecule has 0 bridgehead atoms. The monoisotopic (exact) mass is 512 g/mol. The van der Waals surface area contributed by atoms with Crippen molar-refractivity contribution in [1.82, 2.24) is 40.4 Å². The number of fused-ring (bicyclic) bond motifs is 1. The van der Waals surface area contributed by atoms with Crippen LogP contribution in [0.4, 0.5) is 0 Å². The molecule has 38 heavy (non-hydrogen) atoms. The lowest BCUT2D eigenvalue weighted by atomic mass is 9.98. The lowest BCUT2D eigenvalue weighted by molar-refractivity contribution is -0.138. The van der Waals surface area contributed by atoms with E-state index in [0.717, 1.165) is 40.9 Å². The van der Waals surface area contributed by atoms with Gasteiger partial charge < -0.3 is 9.30 Å². The number of carbonyl (C=O) groups is 1. The third-order valence-electron chi connectivity index (χ3n) is 6.26. The van der Waals surface area contributed by atoms with E-state index in [9.17, 15) is 9.59 Å². The summed E-state index contributed by atoms with van der Waals surface area (Å²) in [5.74, 6) is 0.505. The third kappa shape index (κ3) is 4.95. The van der Waals surface area contributed by atoms with Crippen molar-refractivity contribution >= 4 is 17.0 Å². The Balaban J connectivity index is 1.51. The first-order valence-corrected chi connectivity index (χ1v) is 12.6. The summed E-state index contributed by atoms with van der Waals surface area (Å²) in [7, 11) is 0. The first kappa shape index (κ1) is 25.0. The molecule has 11 nitrogen and oxygen atoms in total. The smallest absolute Gasteiger partial charge is 0.315 e. The van der Waals surface area contributed by atoms with Crippen LogP contribution in [-0.4, -0.2) is 46.3 Å². The number of esters is 1. The molecule has 11 heteroatoms. The molecule has 194 valence electrons. The van der Waals surface area contributed by atoms with Gasteiger partial charge in [0.25, 0.3) is 11.4 Å². The van der Waals surface area contributed by atoms with E-state index in [0.29, 0.717) is 29.8 Å². The molecule has 0 radical (unpaired) electrons. The Morgan fingerprint density at radius 2 is 1.82 bits per heavy atom. The number of unbranched alkanes of at least 4 members (excludes halogenated alkanes) is 1. The summed E-state index contributed by atoms with van der Waals surface area (Å²) in [6.07, 6.45) is 2.56. The first-order chi connectivity index (χ1) is 18.5. The molecule has 5 aromatic rings. The highest BCUT2D eigenvalue weighted by molar-refractivity contribution is 5.84. The number of nitrogens with one attached hydrogen (secondary N) is 2. The average Bonchev–Trinajstić information content (AvgIpc) is 3.59. The Labute approximate surface area is 218 Å². The molecular weight excluding hydrogens is 484 g/mol. The van der Waals surface area contributed by atoms with E-state index in [1.165, 1.54) is 0 Å². The largest absolute Gasteiger partial charge is 0.403 e. The molecule has 3 aromatic heterocycles. The molecule has 0 spiro atoms. The first-order valence-electron chi connectivity index (χ1n) is 12.6. The second kappa shape index (κ2) is 10.8. The summed E-state index contributed by atoms with van der Waals surface area (Å²) >= 11 is 0. The summed E-state index contributed by atoms with van der Waals surface area (Å²) in [6.45, 7) is 6.00. The molecule has 0 aliphatic heterocycles. The second-order valence-electron chi connectivity index (χ2n) is 9.33. The van der Waals surface area contributed by atoms with Gasteiger partial charge in [-0.05, 0) is 28.3 Å². The standard InChI is InChI=1S/C27H28N8O3/c1-4-5-10-21-28-22-23(25(36)31-32-26(22)38-27(37)16(2)3)35(21)15-17-11-13-18(14-12-17)19-8-6-7-9-20(19)24-29-33-34-30-24/h6-9,11-14,16H,4-5,10,15H2,1-3H3,(H,31,36)(H,29,30,33,34). The van der Waals surface area contributed by atoms with E-state index in [4.69, 9.17) is 9.72 Å². The number of aryl methyl sites for hydroxylation is 1. The van der Waals surface area contributed by atoms with E-state index >= 15 is 0 Å². The van der Waals surface area contributed by atoms with E-state index in [-0.39, 0.29) is 17.4 Å². The number of hydrogen-bond donors (Lipinski definition) is 2. The zero-order chi connectivity index (χ0) is 26.6. The van der Waals surface area contributed by atoms with Gasteiger partial charge in [0.15, 0.2) is 5.52 Å². The summed E-state index contributed by atoms with van der Waals surface area (Å²) in [5.41, 5.74) is 4.09. The topological polar surface area (TPSA) is 144 Å². The van der Waals surface area contributed by atoms with E-state index in [1.807, 2.05) is 53.1 Å². The Kier molecular flexibility index (Phi) is 7.07. The predicted molar refractivity (Wildman–Crippen MR) is 141 cm³/mol. The van der Waals surface area contributed by atoms with Gasteiger partial charge in [-0.25, -0.2) is 10.1 Å². The van der Waals surface area contributed by atoms with Crippen LogP contribution < -0.4 is 10.3 Å². The molecule has 2 N–H and O–H groups in total. The van der Waals surface area contributed by atoms with Gasteiger partial charge in [-0.15, -0.1) is 15.3 Å². The highest BCUT2D eigenvalue weighted by atomic mass is 16.5. The number of aromatic nitrogens is 8. The third-order valence-corrected chi connectivity index (χ3v) is 6.26. The van der Waals surface area contributed by atoms with Crippen LogP contribution in [0.1, 0.15) is 45.0 Å². The van der Waals surface area contributed by atoms with Gasteiger partial charge in [0.05, 0.1) is 5.92 Å². The normalized spacial score (nSPS) is 11.4. The van der Waals surface area contributed by atoms with E-state index in [2.05, 4.69) is 37.7 Å². The van der Waals surface area contributed by atoms with Gasteiger partial charge in [-0.1, -0.05) is 75.7 Å². The molecule has 0 unspecified atom stereocenters. The maximum Gasteiger partial charge on any atom is 0.315 e. The number of rotatable bonds is 9. The van der Waals surface area contributed by atoms with Crippen molar-refractivity contribution in [3.8, 4) is 28.4 Å². The number of benzene rings is 2. The van der Waals surface area contributed by atoms with Gasteiger partial charge >= 0.3 is 5.97 Å². The van der Waals surface area contributed by atoms with Crippen LogP contribution in [0.2, 0.25) is 0 Å². The quantitative estimate of drug-likeness (QED) is 0.283. The minimum absolute atomic E-state index is 0.0169. The molecule has 0 atom stereocenters. The van der Waals surface area contributed by atoms with Crippen LogP contribution >= 0.6 is 0 Å². The van der Waals surface area contributed by atoms with Crippen molar-refractivity contribution in [3.63, 3.8) is 0 Å². The zero-order valence-corrected chi connectivity index (χ0v) is 21.4. The second-order valence-corrected chi connectivity index (χ2v) is 9.33. The van der Waals surface area contributed by atoms with Gasteiger partial charge in [0, 0.05) is 18.5 Å². The molecule has 2 aromatic carbocycles. The minimum atomic E-state index is -0.438. The number of imidazole rings is 1. The Hall–Kier alpha value is -4.67. The van der Waals surface area contributed by atoms with Crippen molar-refractivity contribution in [2.45, 2.75) is 46.6 Å². The van der Waals surface area contributed by atoms with Crippen molar-refractivity contribution in [2.75, 3.05) is 0 Å². The number of hydrogen-bond acceptors (Lipinski definition) is 8. The molecule has 3 heterocycles. The summed E-state index contributed by atoms with van der Waals surface area (Å²) in [4.78, 5) is 29.8. The van der Waals surface area contributed by atoms with Crippen LogP contribution in [0.5, 0.6) is 5.88 Å². The SMILES string of the molecule is CCCCc1nc2c(OC(=O)C(C)C)n[nH]c(=O)c2n1Cc1ccc(-c2ccccc2-c2nn[nH]n2)cc1. The molecule has 0 saturated heterocycles. The molecule has 0 fully saturated rings. The predicted octanol–water partition coefficient (Wildman–Crippen LogP) is 3.92. The average molecular weight is 513 g/mol. The maximum atomic E-state index is 12.9. The highest BCUT2D eigenvalue weighted by Gasteiger charge is 2.22. The number of nitrogens with zero attached hydrogens (tertiary/aromatic N) is 6. The fourth-order valence-electron chi connectivity index (χ4n) is 4.24. The minimum Gasteiger partial charge on any atom is -0.403 e. The Morgan fingerprint density at radius 3 is 2.50 bits per heavy atom. The molecule has 0 aliphatic rings. The summed E-state index contributed by atoms with van der Waals surface area (Å²) in [6, 6.07) is 16.0. The van der Waals surface area contributed by atoms with E-state index in [1.54, 1.807) is 13.8 Å². The van der Waals surface area contributed by atoms with Crippen molar-refractivity contribution in [2.24, 2.45) is 5.92 Å². The molecule has 0 saturated carbocycles.